The molecule has 0 aromatic carbocycles. The monoisotopic (exact) mass is 240 g/mol. The maximum absolute atomic E-state index is 12.0. The van der Waals surface area contributed by atoms with Crippen molar-refractivity contribution < 1.29 is 0 Å². The van der Waals surface area contributed by atoms with Crippen molar-refractivity contribution in [2.24, 2.45) is 7.05 Å². The standard InChI is InChI=1S/C10H12N2OS2/c1-4-6-5(2)15-8-7(6)9(13)12(3)10(14)11-8/h4H2,1-3H3,(H,11,14). The summed E-state index contributed by atoms with van der Waals surface area (Å²) >= 11 is 6.68. The number of aromatic nitrogens is 2. The molecule has 15 heavy (non-hydrogen) atoms. The lowest BCUT2D eigenvalue weighted by Crippen LogP contribution is -2.18. The highest BCUT2D eigenvalue weighted by atomic mass is 32.1. The largest absolute Gasteiger partial charge is 0.323 e. The first kappa shape index (κ1) is 10.6. The molecule has 2 rings (SSSR count). The zero-order chi connectivity index (χ0) is 11.2. The normalized spacial score (nSPS) is 11.1. The zero-order valence-electron chi connectivity index (χ0n) is 8.88. The van der Waals surface area contributed by atoms with Crippen LogP contribution in [-0.4, -0.2) is 9.55 Å². The third-order valence-corrected chi connectivity index (χ3v) is 4.04. The maximum atomic E-state index is 12.0. The van der Waals surface area contributed by atoms with Gasteiger partial charge in [0.2, 0.25) is 0 Å². The fourth-order valence-electron chi connectivity index (χ4n) is 1.76. The molecule has 3 nitrogen and oxygen atoms in total. The van der Waals surface area contributed by atoms with Crippen molar-refractivity contribution in [2.45, 2.75) is 20.3 Å². The van der Waals surface area contributed by atoms with Gasteiger partial charge in [-0.2, -0.15) is 0 Å². The molecule has 0 spiro atoms. The van der Waals surface area contributed by atoms with Gasteiger partial charge in [0.25, 0.3) is 5.56 Å². The predicted molar refractivity (Wildman–Crippen MR) is 66.4 cm³/mol. The van der Waals surface area contributed by atoms with Gasteiger partial charge in [-0.25, -0.2) is 0 Å². The molecule has 0 fully saturated rings. The molecule has 2 aromatic heterocycles. The van der Waals surface area contributed by atoms with Crippen molar-refractivity contribution >= 4 is 33.8 Å². The molecule has 0 atom stereocenters. The second kappa shape index (κ2) is 3.57. The molecule has 0 bridgehead atoms. The van der Waals surface area contributed by atoms with Crippen LogP contribution in [0.1, 0.15) is 17.4 Å². The van der Waals surface area contributed by atoms with E-state index in [0.29, 0.717) is 4.77 Å². The minimum Gasteiger partial charge on any atom is -0.323 e. The summed E-state index contributed by atoms with van der Waals surface area (Å²) < 4.78 is 1.97. The molecule has 0 amide bonds. The SMILES string of the molecule is CCc1c(C)sc2[nH]c(=S)n(C)c(=O)c12. The van der Waals surface area contributed by atoms with Crippen LogP contribution in [0.25, 0.3) is 10.2 Å². The molecule has 0 aliphatic rings. The number of thiophene rings is 1. The summed E-state index contributed by atoms with van der Waals surface area (Å²) in [6.07, 6.45) is 0.881. The minimum absolute atomic E-state index is 0.00921. The van der Waals surface area contributed by atoms with Crippen LogP contribution >= 0.6 is 23.6 Å². The van der Waals surface area contributed by atoms with E-state index in [1.807, 2.05) is 6.92 Å². The number of nitrogens with zero attached hydrogens (tertiary/aromatic N) is 1. The predicted octanol–water partition coefficient (Wildman–Crippen LogP) is 2.53. The summed E-state index contributed by atoms with van der Waals surface area (Å²) in [5.41, 5.74) is 1.15. The molecule has 0 unspecified atom stereocenters. The maximum Gasteiger partial charge on any atom is 0.263 e. The van der Waals surface area contributed by atoms with E-state index in [9.17, 15) is 4.79 Å². The molecular formula is C10H12N2OS2. The molecule has 0 aliphatic heterocycles. The number of hydrogen-bond acceptors (Lipinski definition) is 3. The first-order chi connectivity index (χ1) is 7.06. The minimum atomic E-state index is 0.00921. The topological polar surface area (TPSA) is 37.8 Å². The number of nitrogens with one attached hydrogen (secondary N) is 1. The molecule has 80 valence electrons. The van der Waals surface area contributed by atoms with Crippen LogP contribution in [0.3, 0.4) is 0 Å². The summed E-state index contributed by atoms with van der Waals surface area (Å²) in [5, 5.41) is 0.802. The fraction of sp³-hybridized carbons (Fsp3) is 0.400. The van der Waals surface area contributed by atoms with E-state index < -0.39 is 0 Å². The summed E-state index contributed by atoms with van der Waals surface area (Å²) in [7, 11) is 1.70. The zero-order valence-corrected chi connectivity index (χ0v) is 10.5. The van der Waals surface area contributed by atoms with Crippen molar-refractivity contribution in [3.63, 3.8) is 0 Å². The molecule has 0 saturated heterocycles. The lowest BCUT2D eigenvalue weighted by molar-refractivity contribution is 0.824. The van der Waals surface area contributed by atoms with Gasteiger partial charge in [-0.1, -0.05) is 6.92 Å². The van der Waals surface area contributed by atoms with E-state index in [4.69, 9.17) is 12.2 Å². The van der Waals surface area contributed by atoms with Crippen LogP contribution in [0, 0.1) is 11.7 Å². The molecule has 0 saturated carbocycles. The highest BCUT2D eigenvalue weighted by Crippen LogP contribution is 2.26. The van der Waals surface area contributed by atoms with E-state index in [-0.39, 0.29) is 5.56 Å². The Labute approximate surface area is 96.4 Å². The van der Waals surface area contributed by atoms with Crippen LogP contribution in [0.5, 0.6) is 0 Å². The van der Waals surface area contributed by atoms with Crippen molar-refractivity contribution in [3.8, 4) is 0 Å². The first-order valence-electron chi connectivity index (χ1n) is 4.77. The smallest absolute Gasteiger partial charge is 0.263 e. The van der Waals surface area contributed by atoms with Gasteiger partial charge < -0.3 is 4.98 Å². The highest BCUT2D eigenvalue weighted by molar-refractivity contribution is 7.71. The molecule has 0 radical (unpaired) electrons. The Morgan fingerprint density at radius 2 is 2.20 bits per heavy atom. The van der Waals surface area contributed by atoms with Crippen molar-refractivity contribution in [3.05, 3.63) is 25.6 Å². The van der Waals surface area contributed by atoms with Gasteiger partial charge in [0.15, 0.2) is 4.77 Å². The third-order valence-electron chi connectivity index (χ3n) is 2.61. The van der Waals surface area contributed by atoms with Crippen molar-refractivity contribution in [1.82, 2.24) is 9.55 Å². The van der Waals surface area contributed by atoms with E-state index in [2.05, 4.69) is 11.9 Å². The molecule has 2 aromatic rings. The van der Waals surface area contributed by atoms with Gasteiger partial charge >= 0.3 is 0 Å². The molecule has 2 heterocycles. The summed E-state index contributed by atoms with van der Waals surface area (Å²) in [5.74, 6) is 0. The highest BCUT2D eigenvalue weighted by Gasteiger charge is 2.12. The van der Waals surface area contributed by atoms with Gasteiger partial charge in [0.1, 0.15) is 4.83 Å². The number of H-pyrrole nitrogens is 1. The Bertz CT molecular complexity index is 633. The fourth-order valence-corrected chi connectivity index (χ4v) is 3.15. The second-order valence-electron chi connectivity index (χ2n) is 3.49. The van der Waals surface area contributed by atoms with E-state index >= 15 is 0 Å². The molecule has 1 N–H and O–H groups in total. The van der Waals surface area contributed by atoms with E-state index in [0.717, 1.165) is 22.2 Å². The van der Waals surface area contributed by atoms with Gasteiger partial charge in [-0.15, -0.1) is 11.3 Å². The van der Waals surface area contributed by atoms with E-state index in [1.54, 1.807) is 18.4 Å². The summed E-state index contributed by atoms with van der Waals surface area (Å²) in [4.78, 5) is 17.2. The third kappa shape index (κ3) is 1.46. The average Bonchev–Trinajstić information content (AvgIpc) is 2.50. The Morgan fingerprint density at radius 3 is 2.80 bits per heavy atom. The lowest BCUT2D eigenvalue weighted by Gasteiger charge is -1.99. The second-order valence-corrected chi connectivity index (χ2v) is 5.10. The van der Waals surface area contributed by atoms with Crippen LogP contribution in [-0.2, 0) is 13.5 Å². The summed E-state index contributed by atoms with van der Waals surface area (Å²) in [6.45, 7) is 4.11. The number of fused-ring (bicyclic) bond motifs is 1. The van der Waals surface area contributed by atoms with Crippen LogP contribution < -0.4 is 5.56 Å². The van der Waals surface area contributed by atoms with Crippen LogP contribution in [0.15, 0.2) is 4.79 Å². The Morgan fingerprint density at radius 1 is 1.53 bits per heavy atom. The van der Waals surface area contributed by atoms with Gasteiger partial charge in [0.05, 0.1) is 5.39 Å². The first-order valence-corrected chi connectivity index (χ1v) is 6.00. The lowest BCUT2D eigenvalue weighted by atomic mass is 10.1. The van der Waals surface area contributed by atoms with Crippen molar-refractivity contribution in [2.75, 3.05) is 0 Å². The Balaban J connectivity index is 3.07. The van der Waals surface area contributed by atoms with E-state index in [1.165, 1.54) is 9.44 Å². The van der Waals surface area contributed by atoms with Crippen LogP contribution in [0.4, 0.5) is 0 Å². The Hall–Kier alpha value is -0.940. The number of hydrogen-bond donors (Lipinski definition) is 1. The molecule has 5 heteroatoms. The number of aromatic amines is 1. The quantitative estimate of drug-likeness (QED) is 0.778. The number of aryl methyl sites for hydroxylation is 2. The van der Waals surface area contributed by atoms with Gasteiger partial charge in [-0.3, -0.25) is 9.36 Å². The molecular weight excluding hydrogens is 228 g/mol. The van der Waals surface area contributed by atoms with Crippen molar-refractivity contribution in [1.29, 1.82) is 0 Å². The molecule has 0 aliphatic carbocycles. The Kier molecular flexibility index (Phi) is 2.52. The average molecular weight is 240 g/mol. The van der Waals surface area contributed by atoms with Gasteiger partial charge in [0, 0.05) is 11.9 Å². The van der Waals surface area contributed by atoms with Crippen LogP contribution in [0.2, 0.25) is 0 Å². The number of rotatable bonds is 1. The summed E-state index contributed by atoms with van der Waals surface area (Å²) in [6, 6.07) is 0. The van der Waals surface area contributed by atoms with Gasteiger partial charge in [-0.05, 0) is 31.1 Å².